The zero-order chi connectivity index (χ0) is 9.97. The highest BCUT2D eigenvalue weighted by molar-refractivity contribution is 6.49. The molecule has 72 valence electrons. The predicted octanol–water partition coefficient (Wildman–Crippen LogP) is 1.97. The lowest BCUT2D eigenvalue weighted by Gasteiger charge is -2.27. The molecule has 0 saturated heterocycles. The molecular formula is C11H13BO2. The third kappa shape index (κ3) is 1.89. The molecule has 1 heterocycles. The van der Waals surface area contributed by atoms with Crippen LogP contribution in [0.4, 0.5) is 0 Å². The van der Waals surface area contributed by atoms with Gasteiger partial charge in [-0.1, -0.05) is 49.3 Å². The maximum atomic E-state index is 9.35. The van der Waals surface area contributed by atoms with Gasteiger partial charge in [-0.05, 0) is 5.56 Å². The van der Waals surface area contributed by atoms with E-state index in [4.69, 9.17) is 4.65 Å². The molecule has 0 aromatic heterocycles. The standard InChI is InChI=1S/C11H13BO2/c1-9-7-8-12(13)14-11(9)10-5-3-2-4-6-10/h2-9,11,13H,1H3/t9-,11-/m1/s1. The second kappa shape index (κ2) is 3.99. The quantitative estimate of drug-likeness (QED) is 0.682. The third-order valence-electron chi connectivity index (χ3n) is 2.47. The van der Waals surface area contributed by atoms with Crippen LogP contribution in [0, 0.1) is 5.92 Å². The molecule has 0 radical (unpaired) electrons. The minimum absolute atomic E-state index is 0.0313. The summed E-state index contributed by atoms with van der Waals surface area (Å²) in [5.41, 5.74) is 1.11. The molecule has 2 rings (SSSR count). The molecule has 1 aliphatic heterocycles. The molecule has 1 aliphatic rings. The Morgan fingerprint density at radius 3 is 2.71 bits per heavy atom. The molecule has 3 heteroatoms. The molecule has 0 saturated carbocycles. The van der Waals surface area contributed by atoms with Gasteiger partial charge >= 0.3 is 7.12 Å². The van der Waals surface area contributed by atoms with E-state index in [2.05, 4.69) is 6.92 Å². The van der Waals surface area contributed by atoms with E-state index >= 15 is 0 Å². The molecule has 1 aromatic rings. The summed E-state index contributed by atoms with van der Waals surface area (Å²) in [7, 11) is -0.767. The van der Waals surface area contributed by atoms with E-state index in [0.29, 0.717) is 5.92 Å². The highest BCUT2D eigenvalue weighted by atomic mass is 16.5. The fraction of sp³-hybridized carbons (Fsp3) is 0.273. The molecule has 0 amide bonds. The molecule has 14 heavy (non-hydrogen) atoms. The maximum Gasteiger partial charge on any atom is 0.483 e. The van der Waals surface area contributed by atoms with Crippen LogP contribution in [0.2, 0.25) is 0 Å². The van der Waals surface area contributed by atoms with Crippen molar-refractivity contribution in [2.45, 2.75) is 13.0 Å². The Kier molecular flexibility index (Phi) is 2.70. The Morgan fingerprint density at radius 1 is 1.29 bits per heavy atom. The van der Waals surface area contributed by atoms with Gasteiger partial charge in [0.25, 0.3) is 0 Å². The Morgan fingerprint density at radius 2 is 2.00 bits per heavy atom. The fourth-order valence-electron chi connectivity index (χ4n) is 1.72. The third-order valence-corrected chi connectivity index (χ3v) is 2.47. The van der Waals surface area contributed by atoms with Gasteiger partial charge in [-0.25, -0.2) is 0 Å². The van der Waals surface area contributed by atoms with E-state index < -0.39 is 7.12 Å². The van der Waals surface area contributed by atoms with Crippen LogP contribution in [0.1, 0.15) is 18.6 Å². The highest BCUT2D eigenvalue weighted by Crippen LogP contribution is 2.30. The van der Waals surface area contributed by atoms with Crippen molar-refractivity contribution in [2.75, 3.05) is 0 Å². The molecule has 0 spiro atoms. The Hall–Kier alpha value is -1.06. The molecule has 2 nitrogen and oxygen atoms in total. The Balaban J connectivity index is 2.23. The number of hydrogen-bond acceptors (Lipinski definition) is 2. The van der Waals surface area contributed by atoms with Gasteiger partial charge < -0.3 is 9.68 Å². The minimum atomic E-state index is -0.767. The first-order chi connectivity index (χ1) is 6.77. The van der Waals surface area contributed by atoms with Crippen LogP contribution >= 0.6 is 0 Å². The Labute approximate surface area is 84.4 Å². The second-order valence-electron chi connectivity index (χ2n) is 3.60. The molecule has 1 aromatic carbocycles. The van der Waals surface area contributed by atoms with Gasteiger partial charge in [0.2, 0.25) is 0 Å². The van der Waals surface area contributed by atoms with Crippen LogP contribution in [0.25, 0.3) is 0 Å². The molecule has 0 bridgehead atoms. The monoisotopic (exact) mass is 188 g/mol. The van der Waals surface area contributed by atoms with Crippen molar-refractivity contribution < 1.29 is 9.68 Å². The highest BCUT2D eigenvalue weighted by Gasteiger charge is 2.26. The van der Waals surface area contributed by atoms with Gasteiger partial charge in [0.1, 0.15) is 0 Å². The average Bonchev–Trinajstić information content (AvgIpc) is 2.23. The van der Waals surface area contributed by atoms with Crippen LogP contribution in [0.5, 0.6) is 0 Å². The topological polar surface area (TPSA) is 29.5 Å². The van der Waals surface area contributed by atoms with Crippen molar-refractivity contribution >= 4 is 7.12 Å². The summed E-state index contributed by atoms with van der Waals surface area (Å²) in [5, 5.41) is 9.35. The van der Waals surface area contributed by atoms with E-state index in [1.807, 2.05) is 36.4 Å². The zero-order valence-electron chi connectivity index (χ0n) is 8.13. The number of benzene rings is 1. The van der Waals surface area contributed by atoms with E-state index in [9.17, 15) is 5.02 Å². The first kappa shape index (κ1) is 9.50. The van der Waals surface area contributed by atoms with Crippen molar-refractivity contribution in [3.63, 3.8) is 0 Å². The smallest absolute Gasteiger partial charge is 0.423 e. The summed E-state index contributed by atoms with van der Waals surface area (Å²) in [6.45, 7) is 2.08. The number of rotatable bonds is 1. The van der Waals surface area contributed by atoms with Gasteiger partial charge in [-0.3, -0.25) is 0 Å². The van der Waals surface area contributed by atoms with E-state index in [1.165, 1.54) is 0 Å². The van der Waals surface area contributed by atoms with Crippen molar-refractivity contribution in [2.24, 2.45) is 5.92 Å². The minimum Gasteiger partial charge on any atom is -0.423 e. The normalized spacial score (nSPS) is 26.6. The first-order valence-corrected chi connectivity index (χ1v) is 4.84. The van der Waals surface area contributed by atoms with Crippen molar-refractivity contribution in [3.05, 3.63) is 47.9 Å². The predicted molar refractivity (Wildman–Crippen MR) is 56.5 cm³/mol. The van der Waals surface area contributed by atoms with Gasteiger partial charge in [0, 0.05) is 5.92 Å². The van der Waals surface area contributed by atoms with E-state index in [0.717, 1.165) is 5.56 Å². The lowest BCUT2D eigenvalue weighted by atomic mass is 9.81. The van der Waals surface area contributed by atoms with Crippen LogP contribution in [-0.4, -0.2) is 12.1 Å². The largest absolute Gasteiger partial charge is 0.483 e. The van der Waals surface area contributed by atoms with Gasteiger partial charge in [0.15, 0.2) is 0 Å². The SMILES string of the molecule is C[C@@H]1C=CB(O)O[C@H]1c1ccccc1. The first-order valence-electron chi connectivity index (χ1n) is 4.84. The van der Waals surface area contributed by atoms with Crippen LogP contribution in [-0.2, 0) is 4.65 Å². The maximum absolute atomic E-state index is 9.35. The van der Waals surface area contributed by atoms with Crippen molar-refractivity contribution in [1.82, 2.24) is 0 Å². The molecule has 0 fully saturated rings. The summed E-state index contributed by atoms with van der Waals surface area (Å²) >= 11 is 0. The molecular weight excluding hydrogens is 175 g/mol. The second-order valence-corrected chi connectivity index (χ2v) is 3.60. The fourth-order valence-corrected chi connectivity index (χ4v) is 1.72. The van der Waals surface area contributed by atoms with E-state index in [1.54, 1.807) is 5.98 Å². The summed E-state index contributed by atoms with van der Waals surface area (Å²) in [6, 6.07) is 9.98. The van der Waals surface area contributed by atoms with Crippen molar-refractivity contribution in [1.29, 1.82) is 0 Å². The summed E-state index contributed by atoms with van der Waals surface area (Å²) in [4.78, 5) is 0. The summed E-state index contributed by atoms with van der Waals surface area (Å²) in [6.07, 6.45) is 1.96. The lowest BCUT2D eigenvalue weighted by Crippen LogP contribution is -2.27. The lowest BCUT2D eigenvalue weighted by molar-refractivity contribution is 0.133. The number of hydrogen-bond donors (Lipinski definition) is 1. The van der Waals surface area contributed by atoms with Crippen LogP contribution in [0.15, 0.2) is 42.4 Å². The van der Waals surface area contributed by atoms with Crippen LogP contribution < -0.4 is 0 Å². The summed E-state index contributed by atoms with van der Waals surface area (Å²) in [5.74, 6) is 1.99. The average molecular weight is 188 g/mol. The summed E-state index contributed by atoms with van der Waals surface area (Å²) < 4.78 is 5.45. The molecule has 2 atom stereocenters. The van der Waals surface area contributed by atoms with Gasteiger partial charge in [0.05, 0.1) is 6.10 Å². The molecule has 0 aliphatic carbocycles. The molecule has 0 unspecified atom stereocenters. The van der Waals surface area contributed by atoms with Gasteiger partial charge in [-0.2, -0.15) is 0 Å². The zero-order valence-corrected chi connectivity index (χ0v) is 8.13. The van der Waals surface area contributed by atoms with Gasteiger partial charge in [-0.15, -0.1) is 0 Å². The van der Waals surface area contributed by atoms with Crippen molar-refractivity contribution in [3.8, 4) is 0 Å². The van der Waals surface area contributed by atoms with Crippen LogP contribution in [0.3, 0.4) is 0 Å². The Bertz CT molecular complexity index is 323. The molecule has 1 N–H and O–H groups in total. The van der Waals surface area contributed by atoms with E-state index in [-0.39, 0.29) is 6.10 Å².